The van der Waals surface area contributed by atoms with Gasteiger partial charge in [0.15, 0.2) is 0 Å². The lowest BCUT2D eigenvalue weighted by Gasteiger charge is -2.34. The highest BCUT2D eigenvalue weighted by Crippen LogP contribution is 2.28. The molecule has 0 bridgehead atoms. The summed E-state index contributed by atoms with van der Waals surface area (Å²) in [5.74, 6) is 0.298. The molecule has 1 fully saturated rings. The molecule has 5 heteroatoms. The summed E-state index contributed by atoms with van der Waals surface area (Å²) in [6.45, 7) is 5.55. The van der Waals surface area contributed by atoms with Crippen molar-refractivity contribution in [1.29, 1.82) is 0 Å². The zero-order valence-electron chi connectivity index (χ0n) is 12.4. The largest absolute Gasteiger partial charge is 0.365 e. The van der Waals surface area contributed by atoms with Crippen molar-refractivity contribution in [3.8, 4) is 0 Å². The van der Waals surface area contributed by atoms with Crippen molar-refractivity contribution in [3.05, 3.63) is 35.4 Å². The molecule has 21 heavy (non-hydrogen) atoms. The van der Waals surface area contributed by atoms with E-state index in [9.17, 15) is 4.79 Å². The maximum atomic E-state index is 11.9. The third-order valence-corrected chi connectivity index (χ3v) is 4.12. The van der Waals surface area contributed by atoms with Gasteiger partial charge in [0.1, 0.15) is 5.82 Å². The fraction of sp³-hybridized carbons (Fsp3) is 0.375. The molecule has 2 heterocycles. The number of primary amides is 1. The van der Waals surface area contributed by atoms with E-state index in [2.05, 4.69) is 22.9 Å². The van der Waals surface area contributed by atoms with E-state index in [1.54, 1.807) is 0 Å². The quantitative estimate of drug-likeness (QED) is 0.899. The summed E-state index contributed by atoms with van der Waals surface area (Å²) in [7, 11) is 2.10. The average Bonchev–Trinajstić information content (AvgIpc) is 2.47. The Labute approximate surface area is 124 Å². The van der Waals surface area contributed by atoms with E-state index >= 15 is 0 Å². The number of likely N-dealkylation sites (N-methyl/N-ethyl adjacent to an activating group) is 1. The number of fused-ring (bicyclic) bond motifs is 1. The molecule has 0 atom stereocenters. The van der Waals surface area contributed by atoms with Gasteiger partial charge >= 0.3 is 0 Å². The monoisotopic (exact) mass is 283 g/mol. The third kappa shape index (κ3) is 2.45. The summed E-state index contributed by atoms with van der Waals surface area (Å²) in [5.41, 5.74) is 7.92. The summed E-state index contributed by atoms with van der Waals surface area (Å²) >= 11 is 0. The van der Waals surface area contributed by atoms with Gasteiger partial charge in [0.2, 0.25) is 0 Å². The van der Waals surface area contributed by atoms with Crippen molar-refractivity contribution in [2.75, 3.05) is 38.1 Å². The minimum absolute atomic E-state index is 0.417. The van der Waals surface area contributed by atoms with Gasteiger partial charge in [-0.1, -0.05) is 6.07 Å². The Hall–Kier alpha value is -2.14. The first kappa shape index (κ1) is 13.8. The van der Waals surface area contributed by atoms with Crippen molar-refractivity contribution in [2.45, 2.75) is 6.92 Å². The first-order chi connectivity index (χ1) is 10.1. The Morgan fingerprint density at radius 3 is 2.71 bits per heavy atom. The number of piperazine rings is 1. The van der Waals surface area contributed by atoms with E-state index in [0.717, 1.165) is 42.6 Å². The van der Waals surface area contributed by atoms with Gasteiger partial charge in [0.25, 0.3) is 5.91 Å². The third-order valence-electron chi connectivity index (χ3n) is 4.12. The molecule has 1 amide bonds. The molecular formula is C16H19N4O. The lowest BCUT2D eigenvalue weighted by atomic mass is 10.0. The van der Waals surface area contributed by atoms with Gasteiger partial charge in [-0.05, 0) is 37.7 Å². The smallest absolute Gasteiger partial charge is 0.252 e. The van der Waals surface area contributed by atoms with Crippen LogP contribution in [-0.4, -0.2) is 49.0 Å². The summed E-state index contributed by atoms with van der Waals surface area (Å²) in [6, 6.07) is 8.66. The van der Waals surface area contributed by atoms with E-state index in [-0.39, 0.29) is 0 Å². The highest BCUT2D eigenvalue weighted by molar-refractivity contribution is 6.04. The molecule has 1 aromatic heterocycles. The number of hydrogen-bond donors (Lipinski definition) is 1. The number of amides is 1. The molecule has 0 spiro atoms. The summed E-state index contributed by atoms with van der Waals surface area (Å²) in [5, 5.41) is 0.934. The van der Waals surface area contributed by atoms with Crippen LogP contribution in [0.25, 0.3) is 10.9 Å². The number of nitrogens with zero attached hydrogens (tertiary/aromatic N) is 3. The van der Waals surface area contributed by atoms with Gasteiger partial charge in [0.05, 0.1) is 11.1 Å². The predicted molar refractivity (Wildman–Crippen MR) is 83.5 cm³/mol. The van der Waals surface area contributed by atoms with Crippen LogP contribution in [0.2, 0.25) is 0 Å². The maximum Gasteiger partial charge on any atom is 0.252 e. The van der Waals surface area contributed by atoms with Crippen LogP contribution >= 0.6 is 0 Å². The van der Waals surface area contributed by atoms with Gasteiger partial charge in [-0.15, -0.1) is 0 Å². The number of pyridine rings is 1. The number of aryl methyl sites for hydroxylation is 1. The molecule has 1 aliphatic rings. The SMILES string of the molecule is Cc1c(C(N)=O)c(N2CCN(C)CC2)nc2cc[c]cc12. The number of anilines is 1. The number of aromatic nitrogens is 1. The van der Waals surface area contributed by atoms with E-state index in [0.29, 0.717) is 11.4 Å². The lowest BCUT2D eigenvalue weighted by molar-refractivity contribution is 0.1000. The Bertz CT molecular complexity index is 690. The molecule has 2 N–H and O–H groups in total. The van der Waals surface area contributed by atoms with Crippen molar-refractivity contribution >= 4 is 22.6 Å². The van der Waals surface area contributed by atoms with Gasteiger partial charge in [-0.25, -0.2) is 4.98 Å². The zero-order chi connectivity index (χ0) is 15.0. The van der Waals surface area contributed by atoms with E-state index in [1.165, 1.54) is 0 Å². The van der Waals surface area contributed by atoms with Crippen molar-refractivity contribution in [3.63, 3.8) is 0 Å². The molecule has 1 aliphatic heterocycles. The van der Waals surface area contributed by atoms with Crippen LogP contribution in [0.4, 0.5) is 5.82 Å². The zero-order valence-corrected chi connectivity index (χ0v) is 12.4. The number of rotatable bonds is 2. The highest BCUT2D eigenvalue weighted by atomic mass is 16.1. The molecule has 0 aliphatic carbocycles. The fourth-order valence-electron chi connectivity index (χ4n) is 2.83. The topological polar surface area (TPSA) is 62.5 Å². The normalized spacial score (nSPS) is 16.4. The van der Waals surface area contributed by atoms with Crippen LogP contribution in [0.15, 0.2) is 18.2 Å². The first-order valence-corrected chi connectivity index (χ1v) is 7.11. The summed E-state index contributed by atoms with van der Waals surface area (Å²) in [6.07, 6.45) is 0. The number of benzene rings is 1. The molecule has 0 saturated carbocycles. The van der Waals surface area contributed by atoms with Crippen LogP contribution in [0.5, 0.6) is 0 Å². The number of carbonyl (C=O) groups is 1. The number of carbonyl (C=O) groups excluding carboxylic acids is 1. The highest BCUT2D eigenvalue weighted by Gasteiger charge is 2.23. The van der Waals surface area contributed by atoms with Crippen LogP contribution in [-0.2, 0) is 0 Å². The standard InChI is InChI=1S/C16H19N4O/c1-11-12-5-3-4-6-13(12)18-16(14(11)15(17)21)20-9-7-19(2)8-10-20/h4-6H,7-10H2,1-2H3,(H2,17,21). The molecule has 3 rings (SSSR count). The lowest BCUT2D eigenvalue weighted by Crippen LogP contribution is -2.45. The molecule has 1 aromatic carbocycles. The summed E-state index contributed by atoms with van der Waals surface area (Å²) in [4.78, 5) is 21.0. The molecule has 2 aromatic rings. The second kappa shape index (κ2) is 5.33. The Morgan fingerprint density at radius 1 is 1.33 bits per heavy atom. The minimum Gasteiger partial charge on any atom is -0.365 e. The predicted octanol–water partition coefficient (Wildman–Crippen LogP) is 1.19. The molecule has 109 valence electrons. The Kier molecular flexibility index (Phi) is 3.51. The van der Waals surface area contributed by atoms with Crippen LogP contribution < -0.4 is 10.6 Å². The number of nitrogens with two attached hydrogens (primary N) is 1. The molecule has 0 unspecified atom stereocenters. The molecule has 5 nitrogen and oxygen atoms in total. The number of hydrogen-bond acceptors (Lipinski definition) is 4. The van der Waals surface area contributed by atoms with Crippen molar-refractivity contribution in [2.24, 2.45) is 5.73 Å². The molecule has 1 radical (unpaired) electrons. The van der Waals surface area contributed by atoms with Crippen molar-refractivity contribution in [1.82, 2.24) is 9.88 Å². The molecule has 1 saturated heterocycles. The van der Waals surface area contributed by atoms with E-state index in [1.807, 2.05) is 25.1 Å². The fourth-order valence-corrected chi connectivity index (χ4v) is 2.83. The van der Waals surface area contributed by atoms with Crippen LogP contribution in [0, 0.1) is 13.0 Å². The van der Waals surface area contributed by atoms with Gasteiger partial charge < -0.3 is 15.5 Å². The van der Waals surface area contributed by atoms with Gasteiger partial charge in [-0.2, -0.15) is 0 Å². The van der Waals surface area contributed by atoms with Gasteiger partial charge in [0, 0.05) is 31.6 Å². The van der Waals surface area contributed by atoms with Crippen LogP contribution in [0.1, 0.15) is 15.9 Å². The Morgan fingerprint density at radius 2 is 2.05 bits per heavy atom. The average molecular weight is 283 g/mol. The Balaban J connectivity index is 2.16. The van der Waals surface area contributed by atoms with E-state index in [4.69, 9.17) is 10.7 Å². The van der Waals surface area contributed by atoms with Crippen molar-refractivity contribution < 1.29 is 4.79 Å². The summed E-state index contributed by atoms with van der Waals surface area (Å²) < 4.78 is 0. The first-order valence-electron chi connectivity index (χ1n) is 7.11. The second-order valence-corrected chi connectivity index (χ2v) is 5.53. The van der Waals surface area contributed by atoms with E-state index < -0.39 is 5.91 Å². The second-order valence-electron chi connectivity index (χ2n) is 5.53. The minimum atomic E-state index is -0.417. The van der Waals surface area contributed by atoms with Gasteiger partial charge in [-0.3, -0.25) is 4.79 Å². The molecular weight excluding hydrogens is 264 g/mol. The van der Waals surface area contributed by atoms with Crippen LogP contribution in [0.3, 0.4) is 0 Å². The maximum absolute atomic E-state index is 11.9.